The molecule has 4 N–H and O–H groups in total. The fourth-order valence-corrected chi connectivity index (χ4v) is 4.34. The molecule has 184 valence electrons. The maximum absolute atomic E-state index is 14.0. The van der Waals surface area contributed by atoms with Gasteiger partial charge in [0.25, 0.3) is 11.5 Å². The number of benzene rings is 2. The summed E-state index contributed by atoms with van der Waals surface area (Å²) in [6.07, 6.45) is 4.77. The number of pyridine rings is 1. The molecule has 0 aliphatic carbocycles. The monoisotopic (exact) mass is 491 g/mol. The molecule has 9 nitrogen and oxygen atoms in total. The zero-order valence-electron chi connectivity index (χ0n) is 20.4. The summed E-state index contributed by atoms with van der Waals surface area (Å²) in [6.45, 7) is 2.33. The van der Waals surface area contributed by atoms with Gasteiger partial charge in [0, 0.05) is 29.3 Å². The zero-order valence-corrected chi connectivity index (χ0v) is 20.4. The number of hydrogen-bond acceptors (Lipinski definition) is 6. The predicted octanol–water partition coefficient (Wildman–Crippen LogP) is 2.68. The van der Waals surface area contributed by atoms with Gasteiger partial charge in [-0.2, -0.15) is 0 Å². The van der Waals surface area contributed by atoms with Gasteiger partial charge in [-0.25, -0.2) is 9.97 Å². The van der Waals surface area contributed by atoms with Crippen LogP contribution in [0.15, 0.2) is 78.1 Å². The van der Waals surface area contributed by atoms with Crippen LogP contribution >= 0.6 is 0 Å². The second-order valence-electron chi connectivity index (χ2n) is 8.51. The summed E-state index contributed by atoms with van der Waals surface area (Å²) in [5.74, 6) is 5.78. The minimum atomic E-state index is -0.557. The highest BCUT2D eigenvalue weighted by Crippen LogP contribution is 2.24. The number of fused-ring (bicyclic) bond motifs is 2. The normalized spacial score (nSPS) is 11.7. The Morgan fingerprint density at radius 3 is 2.73 bits per heavy atom. The Bertz CT molecular complexity index is 1740. The number of para-hydroxylation sites is 1. The molecule has 0 unspecified atom stereocenters. The Labute approximate surface area is 213 Å². The van der Waals surface area contributed by atoms with E-state index in [1.165, 1.54) is 6.33 Å². The number of carbonyl (C=O) groups excluding carboxylic acids is 1. The Morgan fingerprint density at radius 1 is 1.14 bits per heavy atom. The molecule has 0 radical (unpaired) electrons. The van der Waals surface area contributed by atoms with Crippen molar-refractivity contribution in [1.29, 1.82) is 0 Å². The summed E-state index contributed by atoms with van der Waals surface area (Å²) in [4.78, 5) is 35.7. The van der Waals surface area contributed by atoms with Gasteiger partial charge in [0.05, 0.1) is 18.0 Å². The molecule has 1 amide bonds. The van der Waals surface area contributed by atoms with Crippen molar-refractivity contribution in [1.82, 2.24) is 29.6 Å². The van der Waals surface area contributed by atoms with E-state index in [1.807, 2.05) is 68.6 Å². The van der Waals surface area contributed by atoms with Gasteiger partial charge in [-0.05, 0) is 43.6 Å². The number of nitrogens with one attached hydrogen (secondary N) is 2. The standard InChI is InChI=1S/C28H25N7O2/c1-18(33-27(36)24-25(29)32-17-34-15-14-31-26(24)34)22-16-20-9-6-8-19(10-7-13-30-2)23(20)28(37)35(22)21-11-4-3-5-12-21/h3-6,8-9,11-12,14-18,30H,13,29H2,1-2H3,(H,33,36)/t18-/m0/s1. The van der Waals surface area contributed by atoms with Crippen LogP contribution in [0.2, 0.25) is 0 Å². The van der Waals surface area contributed by atoms with Crippen molar-refractivity contribution >= 4 is 28.1 Å². The molecule has 3 heterocycles. The molecule has 5 aromatic rings. The first-order chi connectivity index (χ1) is 18.0. The van der Waals surface area contributed by atoms with Gasteiger partial charge in [-0.1, -0.05) is 42.2 Å². The number of hydrogen-bond donors (Lipinski definition) is 3. The summed E-state index contributed by atoms with van der Waals surface area (Å²) in [7, 11) is 1.82. The number of rotatable bonds is 5. The molecule has 5 rings (SSSR count). The molecular weight excluding hydrogens is 466 g/mol. The first-order valence-corrected chi connectivity index (χ1v) is 11.7. The Morgan fingerprint density at radius 2 is 1.95 bits per heavy atom. The van der Waals surface area contributed by atoms with E-state index in [2.05, 4.69) is 32.4 Å². The van der Waals surface area contributed by atoms with Crippen LogP contribution < -0.4 is 21.9 Å². The molecule has 0 aliphatic rings. The third-order valence-corrected chi connectivity index (χ3v) is 6.07. The second kappa shape index (κ2) is 9.97. The Hall–Kier alpha value is -4.94. The van der Waals surface area contributed by atoms with Crippen LogP contribution in [0, 0.1) is 11.8 Å². The van der Waals surface area contributed by atoms with Crippen LogP contribution in [-0.2, 0) is 0 Å². The van der Waals surface area contributed by atoms with Gasteiger partial charge in [-0.3, -0.25) is 18.6 Å². The van der Waals surface area contributed by atoms with E-state index in [0.717, 1.165) is 5.39 Å². The number of amides is 1. The van der Waals surface area contributed by atoms with E-state index in [4.69, 9.17) is 5.73 Å². The molecular formula is C28H25N7O2. The topological polar surface area (TPSA) is 119 Å². The summed E-state index contributed by atoms with van der Waals surface area (Å²) in [5, 5.41) is 7.23. The Balaban J connectivity index is 1.65. The zero-order chi connectivity index (χ0) is 25.9. The highest BCUT2D eigenvalue weighted by molar-refractivity contribution is 6.04. The molecule has 0 fully saturated rings. The molecule has 0 bridgehead atoms. The second-order valence-corrected chi connectivity index (χ2v) is 8.51. The van der Waals surface area contributed by atoms with E-state index in [-0.39, 0.29) is 16.9 Å². The number of anilines is 1. The van der Waals surface area contributed by atoms with E-state index in [9.17, 15) is 9.59 Å². The Kier molecular flexibility index (Phi) is 6.41. The molecule has 37 heavy (non-hydrogen) atoms. The minimum Gasteiger partial charge on any atom is -0.383 e. The van der Waals surface area contributed by atoms with Gasteiger partial charge >= 0.3 is 0 Å². The quantitative estimate of drug-likeness (QED) is 0.325. The van der Waals surface area contributed by atoms with E-state index >= 15 is 0 Å². The fourth-order valence-electron chi connectivity index (χ4n) is 4.34. The highest BCUT2D eigenvalue weighted by Gasteiger charge is 2.23. The fraction of sp³-hybridized carbons (Fsp3) is 0.143. The molecule has 0 saturated heterocycles. The first-order valence-electron chi connectivity index (χ1n) is 11.7. The SMILES string of the molecule is CNCC#Cc1cccc2cc([C@H](C)NC(=O)c3c(N)ncn4ccnc34)n(-c3ccccc3)c(=O)c12. The molecule has 0 aliphatic heterocycles. The summed E-state index contributed by atoms with van der Waals surface area (Å²) < 4.78 is 3.25. The number of imidazole rings is 1. The van der Waals surface area contributed by atoms with Gasteiger partial charge in [0.1, 0.15) is 17.7 Å². The number of nitrogens with two attached hydrogens (primary N) is 1. The molecule has 0 spiro atoms. The molecule has 9 heteroatoms. The predicted molar refractivity (Wildman–Crippen MR) is 144 cm³/mol. The van der Waals surface area contributed by atoms with Crippen molar-refractivity contribution in [2.45, 2.75) is 13.0 Å². The van der Waals surface area contributed by atoms with Crippen LogP contribution in [0.25, 0.3) is 22.1 Å². The van der Waals surface area contributed by atoms with Crippen LogP contribution in [0.5, 0.6) is 0 Å². The minimum absolute atomic E-state index is 0.0761. The van der Waals surface area contributed by atoms with Crippen molar-refractivity contribution in [3.63, 3.8) is 0 Å². The van der Waals surface area contributed by atoms with Crippen molar-refractivity contribution in [2.75, 3.05) is 19.3 Å². The van der Waals surface area contributed by atoms with Gasteiger partial charge in [-0.15, -0.1) is 0 Å². The number of carbonyl (C=O) groups is 1. The van der Waals surface area contributed by atoms with E-state index in [1.54, 1.807) is 21.4 Å². The van der Waals surface area contributed by atoms with Crippen molar-refractivity contribution in [3.8, 4) is 17.5 Å². The van der Waals surface area contributed by atoms with Crippen molar-refractivity contribution in [3.05, 3.63) is 100 Å². The highest BCUT2D eigenvalue weighted by atomic mass is 16.2. The lowest BCUT2D eigenvalue weighted by Gasteiger charge is -2.21. The lowest BCUT2D eigenvalue weighted by atomic mass is 10.0. The maximum Gasteiger partial charge on any atom is 0.264 e. The number of nitrogen functional groups attached to an aromatic ring is 1. The average molecular weight is 492 g/mol. The number of aromatic nitrogens is 4. The number of nitrogens with zero attached hydrogens (tertiary/aromatic N) is 4. The lowest BCUT2D eigenvalue weighted by molar-refractivity contribution is 0.0940. The summed E-state index contributed by atoms with van der Waals surface area (Å²) in [5.41, 5.74) is 8.35. The summed E-state index contributed by atoms with van der Waals surface area (Å²) >= 11 is 0. The molecule has 1 atom stereocenters. The van der Waals surface area contributed by atoms with Crippen LogP contribution in [-0.4, -0.2) is 38.4 Å². The van der Waals surface area contributed by atoms with Crippen molar-refractivity contribution in [2.24, 2.45) is 0 Å². The first kappa shape index (κ1) is 23.8. The van der Waals surface area contributed by atoms with Crippen LogP contribution in [0.3, 0.4) is 0 Å². The smallest absolute Gasteiger partial charge is 0.264 e. The third-order valence-electron chi connectivity index (χ3n) is 6.07. The molecule has 0 saturated carbocycles. The lowest BCUT2D eigenvalue weighted by Crippen LogP contribution is -2.33. The van der Waals surface area contributed by atoms with Crippen LogP contribution in [0.4, 0.5) is 5.82 Å². The molecule has 2 aromatic carbocycles. The van der Waals surface area contributed by atoms with E-state index in [0.29, 0.717) is 34.5 Å². The van der Waals surface area contributed by atoms with Gasteiger partial charge < -0.3 is 16.4 Å². The van der Waals surface area contributed by atoms with Crippen LogP contribution in [0.1, 0.15) is 34.6 Å². The van der Waals surface area contributed by atoms with Gasteiger partial charge in [0.2, 0.25) is 0 Å². The third kappa shape index (κ3) is 4.42. The largest absolute Gasteiger partial charge is 0.383 e. The summed E-state index contributed by atoms with van der Waals surface area (Å²) in [6, 6.07) is 16.3. The van der Waals surface area contributed by atoms with Crippen molar-refractivity contribution < 1.29 is 4.79 Å². The average Bonchev–Trinajstić information content (AvgIpc) is 3.37. The molecule has 3 aromatic heterocycles. The maximum atomic E-state index is 14.0. The van der Waals surface area contributed by atoms with E-state index < -0.39 is 11.9 Å². The van der Waals surface area contributed by atoms with Gasteiger partial charge in [0.15, 0.2) is 5.65 Å².